The molecule has 148 valence electrons. The summed E-state index contributed by atoms with van der Waals surface area (Å²) in [5, 5.41) is 0. The first-order chi connectivity index (χ1) is 13.7. The molecule has 0 unspecified atom stereocenters. The number of pyridine rings is 1. The highest BCUT2D eigenvalue weighted by Gasteiger charge is 2.46. The molecule has 1 nitrogen and oxygen atoms in total. The first-order valence-electron chi connectivity index (χ1n) is 10.9. The van der Waals surface area contributed by atoms with Crippen molar-refractivity contribution in [3.63, 3.8) is 0 Å². The lowest BCUT2D eigenvalue weighted by Crippen LogP contribution is -2.34. The molecule has 2 rings (SSSR count). The van der Waals surface area contributed by atoms with Crippen molar-refractivity contribution < 1.29 is 23.2 Å². The fourth-order valence-corrected chi connectivity index (χ4v) is 2.85. The number of nitrogens with zero attached hydrogens (tertiary/aromatic N) is 1. The predicted octanol–water partition coefficient (Wildman–Crippen LogP) is 6.21. The van der Waals surface area contributed by atoms with Gasteiger partial charge in [0.15, 0.2) is 6.20 Å². The van der Waals surface area contributed by atoms with Gasteiger partial charge in [-0.05, 0) is 48.3 Å². The number of aromatic nitrogens is 1. The molecule has 0 spiro atoms. The maximum atomic E-state index is 13.5. The first-order valence-corrected chi connectivity index (χ1v) is 8.93. The Morgan fingerprint density at radius 3 is 2.00 bits per heavy atom. The monoisotopic (exact) mass is 382 g/mol. The Hall–Kier alpha value is -1.84. The molecule has 2 aromatic rings. The average molecular weight is 383 g/mol. The third-order valence-electron chi connectivity index (χ3n) is 4.32. The van der Waals surface area contributed by atoms with E-state index in [9.17, 15) is 13.2 Å². The van der Waals surface area contributed by atoms with Crippen LogP contribution in [0.15, 0.2) is 36.5 Å². The van der Waals surface area contributed by atoms with E-state index in [1.54, 1.807) is 42.9 Å². The van der Waals surface area contributed by atoms with Crippen LogP contribution >= 0.6 is 0 Å². The zero-order valence-corrected chi connectivity index (χ0v) is 17.0. The smallest absolute Gasteiger partial charge is 0.201 e. The van der Waals surface area contributed by atoms with Gasteiger partial charge in [0.2, 0.25) is 5.69 Å². The lowest BCUT2D eigenvalue weighted by Gasteiger charge is -2.28. The molecule has 0 N–H and O–H groups in total. The van der Waals surface area contributed by atoms with E-state index in [1.807, 2.05) is 20.8 Å². The molecule has 0 amide bonds. The van der Waals surface area contributed by atoms with E-state index in [2.05, 4.69) is 0 Å². The van der Waals surface area contributed by atoms with Crippen molar-refractivity contribution in [2.24, 2.45) is 17.9 Å². The average Bonchev–Trinajstić information content (AvgIpc) is 2.59. The number of hydrogen-bond donors (Lipinski definition) is 0. The molecule has 0 aliphatic heterocycles. The number of benzene rings is 1. The molecule has 27 heavy (non-hydrogen) atoms. The van der Waals surface area contributed by atoms with Gasteiger partial charge in [0.05, 0.1) is 5.41 Å². The summed E-state index contributed by atoms with van der Waals surface area (Å²) in [4.78, 5) is 0. The molecule has 1 heterocycles. The summed E-state index contributed by atoms with van der Waals surface area (Å²) < 4.78 is 75.5. The van der Waals surface area contributed by atoms with Crippen molar-refractivity contribution in [1.82, 2.24) is 0 Å². The van der Waals surface area contributed by atoms with E-state index in [-0.39, 0.29) is 5.56 Å². The second-order valence-corrected chi connectivity index (χ2v) is 8.57. The van der Waals surface area contributed by atoms with Crippen molar-refractivity contribution in [1.29, 1.82) is 0 Å². The molecule has 1 aromatic heterocycles. The summed E-state index contributed by atoms with van der Waals surface area (Å²) in [6.07, 6.45) is -7.14. The van der Waals surface area contributed by atoms with E-state index in [1.165, 1.54) is 12.1 Å². The summed E-state index contributed by atoms with van der Waals surface area (Å²) in [7, 11) is 1.79. The van der Waals surface area contributed by atoms with Gasteiger partial charge < -0.3 is 0 Å². The zero-order valence-electron chi connectivity index (χ0n) is 21.0. The number of hydrogen-bond acceptors (Lipinski definition) is 0. The summed E-state index contributed by atoms with van der Waals surface area (Å²) >= 11 is 0. The highest BCUT2D eigenvalue weighted by Crippen LogP contribution is 2.40. The quantitative estimate of drug-likeness (QED) is 0.554. The second-order valence-electron chi connectivity index (χ2n) is 8.57. The van der Waals surface area contributed by atoms with E-state index in [0.717, 1.165) is 25.1 Å². The molecule has 0 atom stereocenters. The zero-order chi connectivity index (χ0) is 24.2. The van der Waals surface area contributed by atoms with E-state index in [0.29, 0.717) is 11.1 Å². The highest BCUT2D eigenvalue weighted by molar-refractivity contribution is 5.61. The summed E-state index contributed by atoms with van der Waals surface area (Å²) in [5.74, 6) is 0. The molecule has 0 aliphatic rings. The Morgan fingerprint density at radius 1 is 0.926 bits per heavy atom. The minimum atomic E-state index is -4.70. The summed E-state index contributed by atoms with van der Waals surface area (Å²) in [6.45, 7) is 8.98. The van der Waals surface area contributed by atoms with Crippen molar-refractivity contribution in [2.45, 2.75) is 60.5 Å². The Kier molecular flexibility index (Phi) is 4.36. The van der Waals surface area contributed by atoms with Crippen LogP contribution in [0.5, 0.6) is 0 Å². The van der Waals surface area contributed by atoms with Crippen LogP contribution in [-0.4, -0.2) is 6.18 Å². The SMILES string of the molecule is [2H]C([2H])(c1ccc(-c2ccc(C([2H])([2H])C(C)(C)C(F)(F)F)cc2C)[n+](C)c1)C(C)(C)C. The molecule has 0 saturated carbocycles. The van der Waals surface area contributed by atoms with Crippen LogP contribution in [0.3, 0.4) is 0 Å². The van der Waals surface area contributed by atoms with Crippen LogP contribution in [0.4, 0.5) is 13.2 Å². The van der Waals surface area contributed by atoms with Crippen molar-refractivity contribution in [2.75, 3.05) is 0 Å². The third kappa shape index (κ3) is 5.33. The first kappa shape index (κ1) is 16.1. The Morgan fingerprint density at radius 2 is 1.52 bits per heavy atom. The maximum absolute atomic E-state index is 13.5. The minimum Gasteiger partial charge on any atom is -0.201 e. The van der Waals surface area contributed by atoms with Crippen LogP contribution in [0, 0.1) is 17.8 Å². The summed E-state index contributed by atoms with van der Waals surface area (Å²) in [6, 6.07) is 8.00. The Balaban J connectivity index is 2.52. The molecule has 1 aromatic carbocycles. The third-order valence-corrected chi connectivity index (χ3v) is 4.32. The van der Waals surface area contributed by atoms with Gasteiger partial charge in [-0.2, -0.15) is 13.2 Å². The molecule has 0 fully saturated rings. The standard InChI is InChI=1S/C23H31F3N/c1-16-12-17(14-22(5,6)23(24,25)26)8-10-19(16)20-11-9-18(15-27(20)7)13-21(2,3)4/h8-12,15H,13-14H2,1-7H3/q+1/i13D2,14D2. The van der Waals surface area contributed by atoms with Gasteiger partial charge in [0, 0.05) is 22.7 Å². The van der Waals surface area contributed by atoms with Crippen LogP contribution in [0.2, 0.25) is 0 Å². The molecular formula is C23H31F3N+. The molecule has 0 saturated heterocycles. The lowest BCUT2D eigenvalue weighted by atomic mass is 9.84. The second kappa shape index (κ2) is 7.29. The Bertz CT molecular complexity index is 974. The summed E-state index contributed by atoms with van der Waals surface area (Å²) in [5.41, 5.74) is -0.512. The van der Waals surface area contributed by atoms with Gasteiger partial charge in [-0.15, -0.1) is 0 Å². The van der Waals surface area contributed by atoms with E-state index in [4.69, 9.17) is 5.48 Å². The molecular weight excluding hydrogens is 347 g/mol. The molecule has 0 bridgehead atoms. The van der Waals surface area contributed by atoms with Gasteiger partial charge in [-0.1, -0.05) is 46.8 Å². The highest BCUT2D eigenvalue weighted by atomic mass is 19.4. The van der Waals surface area contributed by atoms with Gasteiger partial charge in [-0.3, -0.25) is 0 Å². The van der Waals surface area contributed by atoms with Crippen molar-refractivity contribution in [3.8, 4) is 11.3 Å². The van der Waals surface area contributed by atoms with E-state index < -0.39 is 29.8 Å². The van der Waals surface area contributed by atoms with Crippen LogP contribution < -0.4 is 4.57 Å². The minimum absolute atomic E-state index is 0.0283. The van der Waals surface area contributed by atoms with Gasteiger partial charge in [-0.25, -0.2) is 4.57 Å². The number of halogens is 3. The lowest BCUT2D eigenvalue weighted by molar-refractivity contribution is -0.660. The van der Waals surface area contributed by atoms with Gasteiger partial charge in [0.25, 0.3) is 0 Å². The molecule has 0 radical (unpaired) electrons. The molecule has 0 aliphatic carbocycles. The van der Waals surface area contributed by atoms with Crippen LogP contribution in [0.1, 0.15) is 56.8 Å². The topological polar surface area (TPSA) is 3.88 Å². The fraction of sp³-hybridized carbons (Fsp3) is 0.522. The maximum Gasteiger partial charge on any atom is 0.394 e. The normalized spacial score (nSPS) is 16.4. The van der Waals surface area contributed by atoms with Gasteiger partial charge in [0.1, 0.15) is 7.05 Å². The van der Waals surface area contributed by atoms with Crippen LogP contribution in [0.25, 0.3) is 11.3 Å². The van der Waals surface area contributed by atoms with Crippen molar-refractivity contribution >= 4 is 0 Å². The predicted molar refractivity (Wildman–Crippen MR) is 104 cm³/mol. The molecule has 4 heteroatoms. The van der Waals surface area contributed by atoms with Crippen molar-refractivity contribution in [3.05, 3.63) is 53.2 Å². The largest absolute Gasteiger partial charge is 0.394 e. The van der Waals surface area contributed by atoms with E-state index >= 15 is 0 Å². The number of rotatable bonds is 4. The fourth-order valence-electron chi connectivity index (χ4n) is 2.85. The Labute approximate surface area is 166 Å². The van der Waals surface area contributed by atoms with Crippen LogP contribution in [-0.2, 0) is 19.8 Å². The van der Waals surface area contributed by atoms with Gasteiger partial charge >= 0.3 is 6.18 Å². The number of aryl methyl sites for hydroxylation is 2. The number of alkyl halides is 3.